The minimum atomic E-state index is -0.258. The topological polar surface area (TPSA) is 38.3 Å². The molecule has 1 N–H and O–H groups in total. The van der Waals surface area contributed by atoms with Crippen molar-refractivity contribution in [3.63, 3.8) is 0 Å². The molecular weight excluding hydrogens is 433 g/mol. The SMILES string of the molecule is Cc1cc(Br)cc(C)c1OCC(=O)Nc1ccc(Br)cc1Cl. The summed E-state index contributed by atoms with van der Waals surface area (Å²) >= 11 is 12.8. The molecule has 2 aromatic carbocycles. The third kappa shape index (κ3) is 4.48. The van der Waals surface area contributed by atoms with Gasteiger partial charge in [-0.15, -0.1) is 0 Å². The van der Waals surface area contributed by atoms with Crippen LogP contribution in [0.2, 0.25) is 5.02 Å². The number of rotatable bonds is 4. The fourth-order valence-corrected chi connectivity index (χ4v) is 3.45. The number of anilines is 1. The number of amides is 1. The third-order valence-corrected chi connectivity index (χ3v) is 4.24. The van der Waals surface area contributed by atoms with E-state index in [0.29, 0.717) is 10.7 Å². The molecule has 0 atom stereocenters. The van der Waals surface area contributed by atoms with Crippen LogP contribution in [0.4, 0.5) is 5.69 Å². The van der Waals surface area contributed by atoms with Crippen LogP contribution in [-0.2, 0) is 4.79 Å². The van der Waals surface area contributed by atoms with Crippen molar-refractivity contribution < 1.29 is 9.53 Å². The van der Waals surface area contributed by atoms with Crippen LogP contribution in [0.25, 0.3) is 0 Å². The van der Waals surface area contributed by atoms with E-state index in [4.69, 9.17) is 16.3 Å². The molecule has 0 aliphatic carbocycles. The molecule has 22 heavy (non-hydrogen) atoms. The molecule has 0 fully saturated rings. The van der Waals surface area contributed by atoms with Gasteiger partial charge in [0.15, 0.2) is 6.61 Å². The number of carbonyl (C=O) groups is 1. The number of hydrogen-bond acceptors (Lipinski definition) is 2. The van der Waals surface area contributed by atoms with Crippen molar-refractivity contribution >= 4 is 55.1 Å². The van der Waals surface area contributed by atoms with Gasteiger partial charge >= 0.3 is 0 Å². The molecule has 0 spiro atoms. The van der Waals surface area contributed by atoms with E-state index in [1.165, 1.54) is 0 Å². The van der Waals surface area contributed by atoms with Gasteiger partial charge in [-0.1, -0.05) is 43.5 Å². The van der Waals surface area contributed by atoms with Gasteiger partial charge in [0.05, 0.1) is 10.7 Å². The summed E-state index contributed by atoms with van der Waals surface area (Å²) in [4.78, 5) is 12.0. The summed E-state index contributed by atoms with van der Waals surface area (Å²) in [5, 5.41) is 3.20. The zero-order valence-corrected chi connectivity index (χ0v) is 16.0. The number of ether oxygens (including phenoxy) is 1. The molecule has 0 saturated heterocycles. The Bertz CT molecular complexity index is 696. The molecule has 1 amide bonds. The maximum absolute atomic E-state index is 12.0. The highest BCUT2D eigenvalue weighted by Crippen LogP contribution is 2.28. The Balaban J connectivity index is 2.02. The molecule has 0 unspecified atom stereocenters. The highest BCUT2D eigenvalue weighted by molar-refractivity contribution is 9.10. The highest BCUT2D eigenvalue weighted by atomic mass is 79.9. The number of nitrogens with one attached hydrogen (secondary N) is 1. The molecule has 0 radical (unpaired) electrons. The first-order valence-corrected chi connectivity index (χ1v) is 8.47. The Kier molecular flexibility index (Phi) is 5.89. The second-order valence-electron chi connectivity index (χ2n) is 4.83. The van der Waals surface area contributed by atoms with Crippen molar-refractivity contribution in [2.75, 3.05) is 11.9 Å². The summed E-state index contributed by atoms with van der Waals surface area (Å²) in [6, 6.07) is 9.17. The second kappa shape index (κ2) is 7.49. The predicted molar refractivity (Wildman–Crippen MR) is 96.9 cm³/mol. The number of benzene rings is 2. The normalized spacial score (nSPS) is 10.4. The summed E-state index contributed by atoms with van der Waals surface area (Å²) in [6.07, 6.45) is 0. The lowest BCUT2D eigenvalue weighted by molar-refractivity contribution is -0.118. The van der Waals surface area contributed by atoms with E-state index in [1.807, 2.05) is 32.0 Å². The maximum Gasteiger partial charge on any atom is 0.262 e. The zero-order valence-electron chi connectivity index (χ0n) is 12.0. The van der Waals surface area contributed by atoms with Crippen molar-refractivity contribution in [3.05, 3.63) is 55.4 Å². The molecule has 2 rings (SSSR count). The first-order valence-electron chi connectivity index (χ1n) is 6.51. The molecule has 0 aromatic heterocycles. The Labute approximate surface area is 151 Å². The summed E-state index contributed by atoms with van der Waals surface area (Å²) in [6.45, 7) is 3.81. The first kappa shape index (κ1) is 17.3. The summed E-state index contributed by atoms with van der Waals surface area (Å²) in [5.41, 5.74) is 2.51. The largest absolute Gasteiger partial charge is 0.483 e. The molecule has 0 aliphatic rings. The van der Waals surface area contributed by atoms with Crippen molar-refractivity contribution in [1.82, 2.24) is 0 Å². The smallest absolute Gasteiger partial charge is 0.262 e. The Morgan fingerprint density at radius 3 is 2.36 bits per heavy atom. The molecule has 0 aliphatic heterocycles. The standard InChI is InChI=1S/C16H14Br2ClNO2/c1-9-5-12(18)6-10(2)16(9)22-8-15(21)20-14-4-3-11(17)7-13(14)19/h3-7H,8H2,1-2H3,(H,20,21). The van der Waals surface area contributed by atoms with Crippen molar-refractivity contribution in [1.29, 1.82) is 0 Å². The molecule has 0 heterocycles. The predicted octanol–water partition coefficient (Wildman–Crippen LogP) is 5.50. The van der Waals surface area contributed by atoms with Gasteiger partial charge in [0.2, 0.25) is 0 Å². The lowest BCUT2D eigenvalue weighted by Gasteiger charge is -2.13. The van der Waals surface area contributed by atoms with E-state index in [9.17, 15) is 4.79 Å². The minimum Gasteiger partial charge on any atom is -0.483 e. The number of carbonyl (C=O) groups excluding carboxylic acids is 1. The van der Waals surface area contributed by atoms with E-state index in [2.05, 4.69) is 37.2 Å². The van der Waals surface area contributed by atoms with Crippen LogP contribution >= 0.6 is 43.5 Å². The van der Waals surface area contributed by atoms with Crippen LogP contribution in [0.3, 0.4) is 0 Å². The number of hydrogen-bond donors (Lipinski definition) is 1. The zero-order chi connectivity index (χ0) is 16.3. The third-order valence-electron chi connectivity index (χ3n) is 2.98. The lowest BCUT2D eigenvalue weighted by atomic mass is 10.1. The molecule has 3 nitrogen and oxygen atoms in total. The lowest BCUT2D eigenvalue weighted by Crippen LogP contribution is -2.20. The van der Waals surface area contributed by atoms with Gasteiger partial charge in [0.1, 0.15) is 5.75 Å². The van der Waals surface area contributed by atoms with Crippen LogP contribution in [0.15, 0.2) is 39.3 Å². The molecule has 6 heteroatoms. The first-order chi connectivity index (χ1) is 10.4. The van der Waals surface area contributed by atoms with E-state index in [1.54, 1.807) is 12.1 Å². The van der Waals surface area contributed by atoms with Crippen LogP contribution in [0.5, 0.6) is 5.75 Å². The Hall–Kier alpha value is -1.04. The van der Waals surface area contributed by atoms with Gasteiger partial charge in [0.25, 0.3) is 5.91 Å². The van der Waals surface area contributed by atoms with Gasteiger partial charge in [0, 0.05) is 8.95 Å². The van der Waals surface area contributed by atoms with Crippen LogP contribution in [0, 0.1) is 13.8 Å². The summed E-state index contributed by atoms with van der Waals surface area (Å²) in [5.74, 6) is 0.464. The van der Waals surface area contributed by atoms with E-state index in [-0.39, 0.29) is 12.5 Å². The minimum absolute atomic E-state index is 0.0737. The Morgan fingerprint density at radius 2 is 1.77 bits per heavy atom. The van der Waals surface area contributed by atoms with E-state index < -0.39 is 0 Å². The van der Waals surface area contributed by atoms with Crippen molar-refractivity contribution in [2.24, 2.45) is 0 Å². The van der Waals surface area contributed by atoms with Crippen molar-refractivity contribution in [2.45, 2.75) is 13.8 Å². The van der Waals surface area contributed by atoms with E-state index >= 15 is 0 Å². The highest BCUT2D eigenvalue weighted by Gasteiger charge is 2.10. The summed E-state index contributed by atoms with van der Waals surface area (Å²) in [7, 11) is 0. The molecule has 0 saturated carbocycles. The average Bonchev–Trinajstić information content (AvgIpc) is 2.40. The maximum atomic E-state index is 12.0. The molecule has 2 aromatic rings. The molecular formula is C16H14Br2ClNO2. The number of aryl methyl sites for hydroxylation is 2. The molecule has 116 valence electrons. The van der Waals surface area contributed by atoms with Gasteiger partial charge in [-0.3, -0.25) is 4.79 Å². The van der Waals surface area contributed by atoms with Gasteiger partial charge in [-0.05, 0) is 55.3 Å². The fourth-order valence-electron chi connectivity index (χ4n) is 2.04. The van der Waals surface area contributed by atoms with Crippen LogP contribution in [-0.4, -0.2) is 12.5 Å². The van der Waals surface area contributed by atoms with Crippen LogP contribution < -0.4 is 10.1 Å². The fraction of sp³-hybridized carbons (Fsp3) is 0.188. The Morgan fingerprint density at radius 1 is 1.14 bits per heavy atom. The monoisotopic (exact) mass is 445 g/mol. The second-order valence-corrected chi connectivity index (χ2v) is 7.07. The average molecular weight is 448 g/mol. The summed E-state index contributed by atoms with van der Waals surface area (Å²) < 4.78 is 7.48. The molecule has 0 bridgehead atoms. The quantitative estimate of drug-likeness (QED) is 0.672. The van der Waals surface area contributed by atoms with E-state index in [0.717, 1.165) is 25.8 Å². The van der Waals surface area contributed by atoms with Gasteiger partial charge in [-0.25, -0.2) is 0 Å². The van der Waals surface area contributed by atoms with Crippen LogP contribution in [0.1, 0.15) is 11.1 Å². The number of halogens is 3. The van der Waals surface area contributed by atoms with Gasteiger partial charge in [-0.2, -0.15) is 0 Å². The van der Waals surface area contributed by atoms with Gasteiger partial charge < -0.3 is 10.1 Å². The van der Waals surface area contributed by atoms with Crippen molar-refractivity contribution in [3.8, 4) is 5.75 Å².